The van der Waals surface area contributed by atoms with Gasteiger partial charge in [-0.3, -0.25) is 10.1 Å². The molecule has 2 aromatic carbocycles. The van der Waals surface area contributed by atoms with Crippen molar-refractivity contribution in [3.05, 3.63) is 87.1 Å². The molecule has 0 fully saturated rings. The van der Waals surface area contributed by atoms with Crippen LogP contribution in [0.4, 0.5) is 5.69 Å². The second kappa shape index (κ2) is 7.51. The van der Waals surface area contributed by atoms with Crippen molar-refractivity contribution in [2.75, 3.05) is 0 Å². The second-order valence-corrected chi connectivity index (χ2v) is 7.58. The van der Waals surface area contributed by atoms with E-state index in [-0.39, 0.29) is 11.4 Å². The molecule has 0 bridgehead atoms. The number of hydrogen-bond donors (Lipinski definition) is 0. The summed E-state index contributed by atoms with van der Waals surface area (Å²) in [6, 6.07) is 16.2. The Balaban J connectivity index is 1.94. The molecule has 0 saturated heterocycles. The van der Waals surface area contributed by atoms with E-state index in [1.807, 2.05) is 6.07 Å². The van der Waals surface area contributed by atoms with Gasteiger partial charge in [-0.2, -0.15) is 8.42 Å². The molecule has 1 heterocycles. The molecule has 0 unspecified atom stereocenters. The van der Waals surface area contributed by atoms with Crippen molar-refractivity contribution in [3.63, 3.8) is 0 Å². The molecule has 1 aromatic heterocycles. The van der Waals surface area contributed by atoms with Crippen molar-refractivity contribution < 1.29 is 17.5 Å². The minimum absolute atomic E-state index is 0.0377. The molecule has 0 spiro atoms. The molecule has 0 amide bonds. The van der Waals surface area contributed by atoms with Gasteiger partial charge in [0.25, 0.3) is 5.69 Å². The summed E-state index contributed by atoms with van der Waals surface area (Å²) < 4.78 is 29.7. The predicted molar refractivity (Wildman–Crippen MR) is 101 cm³/mol. The van der Waals surface area contributed by atoms with Gasteiger partial charge in [0.1, 0.15) is 0 Å². The van der Waals surface area contributed by atoms with Gasteiger partial charge in [0.05, 0.1) is 10.3 Å². The van der Waals surface area contributed by atoms with Crippen LogP contribution in [0.25, 0.3) is 16.5 Å². The van der Waals surface area contributed by atoms with Crippen molar-refractivity contribution in [1.29, 1.82) is 0 Å². The van der Waals surface area contributed by atoms with Gasteiger partial charge in [-0.25, -0.2) is 0 Å². The maximum atomic E-state index is 12.3. The lowest BCUT2D eigenvalue weighted by molar-refractivity contribution is -0.384. The van der Waals surface area contributed by atoms with Crippen LogP contribution < -0.4 is 4.18 Å². The highest BCUT2D eigenvalue weighted by Crippen LogP contribution is 2.36. The number of hydrogen-bond acceptors (Lipinski definition) is 6. The Labute approximate surface area is 154 Å². The average Bonchev–Trinajstić information content (AvgIpc) is 3.15. The molecule has 6 nitrogen and oxygen atoms in total. The Bertz CT molecular complexity index is 1040. The molecule has 0 atom stereocenters. The minimum Gasteiger partial charge on any atom is -0.379 e. The predicted octanol–water partition coefficient (Wildman–Crippen LogP) is 4.70. The molecule has 3 aromatic rings. The summed E-state index contributed by atoms with van der Waals surface area (Å²) in [5.74, 6) is 0.0377. The van der Waals surface area contributed by atoms with Gasteiger partial charge in [-0.15, -0.1) is 11.3 Å². The van der Waals surface area contributed by atoms with Gasteiger partial charge in [0, 0.05) is 22.6 Å². The number of nitro benzene ring substituents is 1. The summed E-state index contributed by atoms with van der Waals surface area (Å²) >= 11 is 1.33. The maximum absolute atomic E-state index is 12.3. The maximum Gasteiger partial charge on any atom is 0.332 e. The number of thiophene rings is 1. The molecule has 3 rings (SSSR count). The highest BCUT2D eigenvalue weighted by Gasteiger charge is 2.18. The number of rotatable bonds is 6. The fourth-order valence-electron chi connectivity index (χ4n) is 2.21. The Hall–Kier alpha value is -2.97. The summed E-state index contributed by atoms with van der Waals surface area (Å²) in [6.45, 7) is 0. The normalized spacial score (nSPS) is 11.5. The Kier molecular flexibility index (Phi) is 5.15. The van der Waals surface area contributed by atoms with Crippen molar-refractivity contribution in [3.8, 4) is 16.2 Å². The first-order chi connectivity index (χ1) is 12.4. The average molecular weight is 387 g/mol. The fraction of sp³-hybridized carbons (Fsp3) is 0. The standard InChI is InChI=1S/C18H13NO5S2/c20-19(21)15-8-9-17(16(13-15)18-7-4-11-25-18)24-26(22,23)12-10-14-5-2-1-3-6-14/h1-13H/b12-10+. The van der Waals surface area contributed by atoms with Crippen LogP contribution in [-0.2, 0) is 10.1 Å². The number of nitrogens with zero attached hydrogens (tertiary/aromatic N) is 1. The zero-order valence-electron chi connectivity index (χ0n) is 13.3. The van der Waals surface area contributed by atoms with Gasteiger partial charge < -0.3 is 4.18 Å². The van der Waals surface area contributed by atoms with Gasteiger partial charge in [-0.1, -0.05) is 36.4 Å². The van der Waals surface area contributed by atoms with E-state index >= 15 is 0 Å². The number of nitro groups is 1. The zero-order valence-corrected chi connectivity index (χ0v) is 14.9. The quantitative estimate of drug-likeness (QED) is 0.347. The number of non-ortho nitro benzene ring substituents is 1. The fourth-order valence-corrected chi connectivity index (χ4v) is 3.73. The highest BCUT2D eigenvalue weighted by atomic mass is 32.2. The SMILES string of the molecule is O=[N+]([O-])c1ccc(OS(=O)(=O)/C=C/c2ccccc2)c(-c2cccs2)c1. The van der Waals surface area contributed by atoms with Crippen LogP contribution >= 0.6 is 11.3 Å². The smallest absolute Gasteiger partial charge is 0.332 e. The lowest BCUT2D eigenvalue weighted by Crippen LogP contribution is -2.06. The highest BCUT2D eigenvalue weighted by molar-refractivity contribution is 7.90. The molecule has 0 saturated carbocycles. The Morgan fingerprint density at radius 3 is 2.46 bits per heavy atom. The minimum atomic E-state index is -4.03. The first kappa shape index (κ1) is 17.8. The van der Waals surface area contributed by atoms with Crippen LogP contribution in [-0.4, -0.2) is 13.3 Å². The summed E-state index contributed by atoms with van der Waals surface area (Å²) in [5.41, 5.74) is 0.922. The summed E-state index contributed by atoms with van der Waals surface area (Å²) in [4.78, 5) is 11.2. The van der Waals surface area contributed by atoms with E-state index in [4.69, 9.17) is 4.18 Å². The van der Waals surface area contributed by atoms with Crippen LogP contribution in [0.5, 0.6) is 5.75 Å². The monoisotopic (exact) mass is 387 g/mol. The topological polar surface area (TPSA) is 86.5 Å². The molecule has 0 aliphatic rings. The van der Waals surface area contributed by atoms with Gasteiger partial charge >= 0.3 is 10.1 Å². The first-order valence-corrected chi connectivity index (χ1v) is 9.80. The number of benzene rings is 2. The zero-order chi connectivity index (χ0) is 18.6. The van der Waals surface area contributed by atoms with Crippen molar-refractivity contribution >= 4 is 33.2 Å². The van der Waals surface area contributed by atoms with Crippen molar-refractivity contribution in [2.24, 2.45) is 0 Å². The summed E-state index contributed by atoms with van der Waals surface area (Å²) in [6.07, 6.45) is 1.42. The van der Waals surface area contributed by atoms with Crippen LogP contribution in [0.2, 0.25) is 0 Å². The third-order valence-corrected chi connectivity index (χ3v) is 5.18. The molecular weight excluding hydrogens is 374 g/mol. The third kappa shape index (κ3) is 4.35. The van der Waals surface area contributed by atoms with Crippen LogP contribution in [0.15, 0.2) is 71.5 Å². The molecule has 0 radical (unpaired) electrons. The Morgan fingerprint density at radius 2 is 1.81 bits per heavy atom. The van der Waals surface area contributed by atoms with E-state index in [1.54, 1.807) is 41.8 Å². The van der Waals surface area contributed by atoms with E-state index in [0.29, 0.717) is 16.0 Å². The van der Waals surface area contributed by atoms with E-state index < -0.39 is 15.0 Å². The van der Waals surface area contributed by atoms with Gasteiger partial charge in [0.15, 0.2) is 5.75 Å². The van der Waals surface area contributed by atoms with Gasteiger partial charge in [0.2, 0.25) is 0 Å². The van der Waals surface area contributed by atoms with E-state index in [1.165, 1.54) is 35.6 Å². The van der Waals surface area contributed by atoms with Crippen LogP contribution in [0.1, 0.15) is 5.56 Å². The lowest BCUT2D eigenvalue weighted by Gasteiger charge is -2.08. The Morgan fingerprint density at radius 1 is 1.04 bits per heavy atom. The van der Waals surface area contributed by atoms with Crippen LogP contribution in [0, 0.1) is 10.1 Å². The van der Waals surface area contributed by atoms with Crippen LogP contribution in [0.3, 0.4) is 0 Å². The molecule has 0 N–H and O–H groups in total. The largest absolute Gasteiger partial charge is 0.379 e. The first-order valence-electron chi connectivity index (χ1n) is 7.44. The third-order valence-electron chi connectivity index (χ3n) is 3.39. The van der Waals surface area contributed by atoms with E-state index in [9.17, 15) is 18.5 Å². The molecule has 132 valence electrons. The van der Waals surface area contributed by atoms with Crippen molar-refractivity contribution in [2.45, 2.75) is 0 Å². The molecule has 0 aliphatic heterocycles. The summed E-state index contributed by atoms with van der Waals surface area (Å²) in [5, 5.41) is 13.8. The second-order valence-electron chi connectivity index (χ2n) is 5.20. The summed E-state index contributed by atoms with van der Waals surface area (Å²) in [7, 11) is -4.03. The van der Waals surface area contributed by atoms with E-state index in [2.05, 4.69) is 0 Å². The molecule has 8 heteroatoms. The van der Waals surface area contributed by atoms with Gasteiger partial charge in [-0.05, 0) is 29.2 Å². The lowest BCUT2D eigenvalue weighted by atomic mass is 10.1. The molecule has 0 aliphatic carbocycles. The molecule has 26 heavy (non-hydrogen) atoms. The van der Waals surface area contributed by atoms with E-state index in [0.717, 1.165) is 5.41 Å². The molecular formula is C18H13NO5S2. The van der Waals surface area contributed by atoms with Crippen molar-refractivity contribution in [1.82, 2.24) is 0 Å².